The van der Waals surface area contributed by atoms with E-state index in [2.05, 4.69) is 10.6 Å². The van der Waals surface area contributed by atoms with Crippen molar-refractivity contribution in [1.29, 1.82) is 0 Å². The molecular weight excluding hydrogens is 221 g/mol. The van der Waals surface area contributed by atoms with E-state index in [9.17, 15) is 9.18 Å². The van der Waals surface area contributed by atoms with Crippen LogP contribution in [0.15, 0.2) is 18.2 Å². The Morgan fingerprint density at radius 1 is 1.41 bits per heavy atom. The summed E-state index contributed by atoms with van der Waals surface area (Å²) >= 11 is 0. The molecule has 0 unspecified atom stereocenters. The van der Waals surface area contributed by atoms with E-state index in [0.717, 1.165) is 25.9 Å². The van der Waals surface area contributed by atoms with Crippen LogP contribution in [0.5, 0.6) is 0 Å². The van der Waals surface area contributed by atoms with E-state index in [-0.39, 0.29) is 11.6 Å². The molecule has 1 aromatic carbocycles. The molecule has 1 aliphatic heterocycles. The van der Waals surface area contributed by atoms with Crippen molar-refractivity contribution < 1.29 is 9.18 Å². The fourth-order valence-electron chi connectivity index (χ4n) is 1.97. The first-order valence-electron chi connectivity index (χ1n) is 5.73. The van der Waals surface area contributed by atoms with E-state index in [1.807, 2.05) is 0 Å². The molecule has 1 aliphatic rings. The summed E-state index contributed by atoms with van der Waals surface area (Å²) in [7, 11) is 0. The molecule has 1 fully saturated rings. The molecule has 0 bridgehead atoms. The van der Waals surface area contributed by atoms with Crippen LogP contribution in [-0.2, 0) is 0 Å². The summed E-state index contributed by atoms with van der Waals surface area (Å²) in [6, 6.07) is 4.56. The second-order valence-electron chi connectivity index (χ2n) is 4.23. The zero-order chi connectivity index (χ0) is 12.3. The summed E-state index contributed by atoms with van der Waals surface area (Å²) in [5.41, 5.74) is 5.71. The number of benzene rings is 1. The van der Waals surface area contributed by atoms with E-state index in [1.54, 1.807) is 6.07 Å². The topological polar surface area (TPSA) is 67.2 Å². The van der Waals surface area contributed by atoms with Gasteiger partial charge in [0.05, 0.1) is 5.69 Å². The van der Waals surface area contributed by atoms with Crippen LogP contribution in [0.25, 0.3) is 0 Å². The lowest BCUT2D eigenvalue weighted by Gasteiger charge is -2.24. The number of amides is 1. The third-order valence-electron chi connectivity index (χ3n) is 2.95. The average molecular weight is 237 g/mol. The minimum absolute atomic E-state index is 0.193. The van der Waals surface area contributed by atoms with Crippen molar-refractivity contribution in [3.05, 3.63) is 29.6 Å². The Morgan fingerprint density at radius 2 is 2.12 bits per heavy atom. The number of hydrogen-bond acceptors (Lipinski definition) is 3. The normalized spacial score (nSPS) is 16.8. The van der Waals surface area contributed by atoms with Crippen molar-refractivity contribution in [2.75, 3.05) is 18.4 Å². The maximum atomic E-state index is 13.7. The Bertz CT molecular complexity index is 416. The van der Waals surface area contributed by atoms with Crippen LogP contribution in [0.3, 0.4) is 0 Å². The zero-order valence-electron chi connectivity index (χ0n) is 9.50. The van der Waals surface area contributed by atoms with Gasteiger partial charge in [0, 0.05) is 11.6 Å². The van der Waals surface area contributed by atoms with Gasteiger partial charge in [0.2, 0.25) is 5.91 Å². The van der Waals surface area contributed by atoms with Gasteiger partial charge in [-0.05, 0) is 44.1 Å². The van der Waals surface area contributed by atoms with Crippen LogP contribution in [0.2, 0.25) is 0 Å². The number of anilines is 1. The molecule has 0 atom stereocenters. The molecule has 1 heterocycles. The highest BCUT2D eigenvalue weighted by Gasteiger charge is 2.14. The number of hydrogen-bond donors (Lipinski definition) is 3. The molecule has 1 saturated heterocycles. The highest BCUT2D eigenvalue weighted by atomic mass is 19.1. The van der Waals surface area contributed by atoms with Crippen molar-refractivity contribution in [2.45, 2.75) is 18.9 Å². The number of primary amides is 1. The molecule has 0 aliphatic carbocycles. The summed E-state index contributed by atoms with van der Waals surface area (Å²) < 4.78 is 13.7. The number of nitrogens with one attached hydrogen (secondary N) is 2. The Hall–Kier alpha value is -1.62. The third kappa shape index (κ3) is 2.94. The number of nitrogens with two attached hydrogens (primary N) is 1. The predicted octanol–water partition coefficient (Wildman–Crippen LogP) is 1.09. The molecule has 1 aromatic rings. The molecular formula is C12H16FN3O. The van der Waals surface area contributed by atoms with Crippen molar-refractivity contribution in [2.24, 2.45) is 5.73 Å². The van der Waals surface area contributed by atoms with E-state index in [4.69, 9.17) is 5.73 Å². The van der Waals surface area contributed by atoms with Gasteiger partial charge >= 0.3 is 0 Å². The molecule has 4 N–H and O–H groups in total. The Kier molecular flexibility index (Phi) is 3.58. The smallest absolute Gasteiger partial charge is 0.248 e. The van der Waals surface area contributed by atoms with E-state index >= 15 is 0 Å². The first kappa shape index (κ1) is 11.9. The first-order chi connectivity index (χ1) is 8.16. The summed E-state index contributed by atoms with van der Waals surface area (Å²) in [5.74, 6) is -1.04. The van der Waals surface area contributed by atoms with Crippen LogP contribution in [-0.4, -0.2) is 25.0 Å². The van der Waals surface area contributed by atoms with Gasteiger partial charge in [-0.2, -0.15) is 0 Å². The van der Waals surface area contributed by atoms with Gasteiger partial charge in [-0.25, -0.2) is 4.39 Å². The second-order valence-corrected chi connectivity index (χ2v) is 4.23. The van der Waals surface area contributed by atoms with Gasteiger partial charge in [0.25, 0.3) is 0 Å². The van der Waals surface area contributed by atoms with Crippen molar-refractivity contribution in [3.8, 4) is 0 Å². The van der Waals surface area contributed by atoms with Crippen molar-refractivity contribution >= 4 is 11.6 Å². The second kappa shape index (κ2) is 5.14. The van der Waals surface area contributed by atoms with Crippen LogP contribution >= 0.6 is 0 Å². The minimum atomic E-state index is -0.614. The van der Waals surface area contributed by atoms with Gasteiger partial charge in [-0.1, -0.05) is 0 Å². The van der Waals surface area contributed by atoms with Crippen LogP contribution in [0.4, 0.5) is 10.1 Å². The average Bonchev–Trinajstić information content (AvgIpc) is 2.33. The maximum Gasteiger partial charge on any atom is 0.248 e. The van der Waals surface area contributed by atoms with Crippen molar-refractivity contribution in [1.82, 2.24) is 5.32 Å². The molecule has 5 heteroatoms. The lowest BCUT2D eigenvalue weighted by atomic mass is 10.1. The standard InChI is InChI=1S/C12H16FN3O/c13-10-7-8(12(14)17)1-2-11(10)16-9-3-5-15-6-4-9/h1-2,7,9,15-16H,3-6H2,(H2,14,17). The van der Waals surface area contributed by atoms with Crippen LogP contribution in [0.1, 0.15) is 23.2 Å². The van der Waals surface area contributed by atoms with Gasteiger partial charge in [0.15, 0.2) is 0 Å². The lowest BCUT2D eigenvalue weighted by Crippen LogP contribution is -2.35. The number of rotatable bonds is 3. The minimum Gasteiger partial charge on any atom is -0.380 e. The van der Waals surface area contributed by atoms with Gasteiger partial charge in [0.1, 0.15) is 5.82 Å². The highest BCUT2D eigenvalue weighted by Crippen LogP contribution is 2.18. The molecule has 92 valence electrons. The van der Waals surface area contributed by atoms with Crippen LogP contribution in [0, 0.1) is 5.82 Å². The Morgan fingerprint density at radius 3 is 2.71 bits per heavy atom. The summed E-state index contributed by atoms with van der Waals surface area (Å²) in [4.78, 5) is 10.9. The molecule has 0 radical (unpaired) electrons. The summed E-state index contributed by atoms with van der Waals surface area (Å²) in [5, 5.41) is 6.39. The quantitative estimate of drug-likeness (QED) is 0.737. The fraction of sp³-hybridized carbons (Fsp3) is 0.417. The SMILES string of the molecule is NC(=O)c1ccc(NC2CCNCC2)c(F)c1. The summed E-state index contributed by atoms with van der Waals surface area (Å²) in [6.45, 7) is 1.89. The Labute approximate surface area is 99.4 Å². The number of halogens is 1. The number of carbonyl (C=O) groups excluding carboxylic acids is 1. The van der Waals surface area contributed by atoms with E-state index in [0.29, 0.717) is 5.69 Å². The highest BCUT2D eigenvalue weighted by molar-refractivity contribution is 5.93. The van der Waals surface area contributed by atoms with Crippen LogP contribution < -0.4 is 16.4 Å². The molecule has 0 spiro atoms. The molecule has 0 aromatic heterocycles. The fourth-order valence-corrected chi connectivity index (χ4v) is 1.97. The molecule has 4 nitrogen and oxygen atoms in total. The zero-order valence-corrected chi connectivity index (χ0v) is 9.50. The maximum absolute atomic E-state index is 13.7. The molecule has 0 saturated carbocycles. The monoisotopic (exact) mass is 237 g/mol. The van der Waals surface area contributed by atoms with E-state index < -0.39 is 11.7 Å². The lowest BCUT2D eigenvalue weighted by molar-refractivity contribution is 0.1000. The third-order valence-corrected chi connectivity index (χ3v) is 2.95. The molecule has 1 amide bonds. The van der Waals surface area contributed by atoms with Crippen molar-refractivity contribution in [3.63, 3.8) is 0 Å². The van der Waals surface area contributed by atoms with Gasteiger partial charge < -0.3 is 16.4 Å². The first-order valence-corrected chi connectivity index (χ1v) is 5.73. The largest absolute Gasteiger partial charge is 0.380 e. The number of carbonyl (C=O) groups is 1. The number of piperidine rings is 1. The Balaban J connectivity index is 2.08. The molecule has 2 rings (SSSR count). The van der Waals surface area contributed by atoms with Gasteiger partial charge in [-0.15, -0.1) is 0 Å². The molecule has 17 heavy (non-hydrogen) atoms. The predicted molar refractivity (Wildman–Crippen MR) is 64.4 cm³/mol. The van der Waals surface area contributed by atoms with E-state index in [1.165, 1.54) is 12.1 Å². The summed E-state index contributed by atoms with van der Waals surface area (Å²) in [6.07, 6.45) is 1.94. The van der Waals surface area contributed by atoms with Gasteiger partial charge in [-0.3, -0.25) is 4.79 Å².